The fourth-order valence-electron chi connectivity index (χ4n) is 9.55. The third-order valence-electron chi connectivity index (χ3n) is 12.5. The summed E-state index contributed by atoms with van der Waals surface area (Å²) in [7, 11) is 0. The maximum atomic E-state index is 4.02. The molecule has 1 saturated carbocycles. The van der Waals surface area contributed by atoms with Gasteiger partial charge in [-0.1, -0.05) is 147 Å². The average Bonchev–Trinajstić information content (AvgIpc) is 3.27. The molecule has 284 valence electrons. The molecule has 0 bridgehead atoms. The number of anilines is 5. The van der Waals surface area contributed by atoms with E-state index in [0.717, 1.165) is 13.1 Å². The van der Waals surface area contributed by atoms with Crippen molar-refractivity contribution in [1.82, 2.24) is 0 Å². The summed E-state index contributed by atoms with van der Waals surface area (Å²) < 4.78 is 0. The van der Waals surface area contributed by atoms with Gasteiger partial charge in [0.1, 0.15) is 0 Å². The molecule has 0 heterocycles. The molecule has 1 fully saturated rings. The molecular formula is C54H53N3. The summed E-state index contributed by atoms with van der Waals surface area (Å²) in [6.45, 7) is 8.65. The van der Waals surface area contributed by atoms with Gasteiger partial charge in [0.25, 0.3) is 0 Å². The molecule has 3 nitrogen and oxygen atoms in total. The fraction of sp³-hybridized carbons (Fsp3) is 0.222. The second kappa shape index (κ2) is 16.2. The van der Waals surface area contributed by atoms with Crippen LogP contribution in [0.4, 0.5) is 28.4 Å². The Labute approximate surface area is 338 Å². The highest BCUT2D eigenvalue weighted by Crippen LogP contribution is 2.42. The van der Waals surface area contributed by atoms with Gasteiger partial charge >= 0.3 is 0 Å². The van der Waals surface area contributed by atoms with Gasteiger partial charge in [-0.05, 0) is 108 Å². The zero-order valence-electron chi connectivity index (χ0n) is 33.5. The lowest BCUT2D eigenvalue weighted by Gasteiger charge is -2.31. The number of rotatable bonds is 11. The first-order valence-electron chi connectivity index (χ1n) is 21.1. The predicted molar refractivity (Wildman–Crippen MR) is 246 cm³/mol. The van der Waals surface area contributed by atoms with Gasteiger partial charge in [0.2, 0.25) is 0 Å². The summed E-state index contributed by atoms with van der Waals surface area (Å²) in [5.41, 5.74) is 10.0. The highest BCUT2D eigenvalue weighted by Gasteiger charge is 2.25. The van der Waals surface area contributed by atoms with Crippen molar-refractivity contribution in [3.8, 4) is 0 Å². The number of nitrogens with zero attached hydrogens (tertiary/aromatic N) is 2. The Morgan fingerprint density at radius 2 is 0.965 bits per heavy atom. The number of fused-ring (bicyclic) bond motifs is 3. The van der Waals surface area contributed by atoms with Gasteiger partial charge in [0.05, 0.1) is 0 Å². The second-order valence-electron chi connectivity index (χ2n) is 15.9. The number of hydrogen-bond acceptors (Lipinski definition) is 3. The van der Waals surface area contributed by atoms with Gasteiger partial charge < -0.3 is 15.1 Å². The minimum atomic E-state index is 0.0425. The molecule has 9 rings (SSSR count). The first kappa shape index (κ1) is 36.6. The van der Waals surface area contributed by atoms with Crippen LogP contribution in [-0.2, 0) is 0 Å². The quantitative estimate of drug-likeness (QED) is 0.133. The summed E-state index contributed by atoms with van der Waals surface area (Å²) in [5.74, 6) is 0.719. The molecule has 0 spiro atoms. The van der Waals surface area contributed by atoms with E-state index in [1.807, 2.05) is 0 Å². The Bertz CT molecular complexity index is 2480. The van der Waals surface area contributed by atoms with Crippen LogP contribution in [-0.4, -0.2) is 19.1 Å². The molecule has 0 radical (unpaired) electrons. The molecule has 8 aromatic carbocycles. The molecule has 1 aliphatic rings. The van der Waals surface area contributed by atoms with Gasteiger partial charge in [0, 0.05) is 69.6 Å². The summed E-state index contributed by atoms with van der Waals surface area (Å²) in [4.78, 5) is 4.87. The van der Waals surface area contributed by atoms with Crippen LogP contribution in [0.5, 0.6) is 0 Å². The average molecular weight is 744 g/mol. The minimum absolute atomic E-state index is 0.0425. The number of nitrogens with one attached hydrogen (secondary N) is 1. The van der Waals surface area contributed by atoms with Crippen molar-refractivity contribution in [2.45, 2.75) is 58.4 Å². The van der Waals surface area contributed by atoms with Crippen molar-refractivity contribution >= 4 is 60.8 Å². The molecule has 0 amide bonds. The zero-order valence-corrected chi connectivity index (χ0v) is 33.5. The van der Waals surface area contributed by atoms with E-state index in [4.69, 9.17) is 0 Å². The second-order valence-corrected chi connectivity index (χ2v) is 15.9. The van der Waals surface area contributed by atoms with Crippen molar-refractivity contribution in [3.63, 3.8) is 0 Å². The highest BCUT2D eigenvalue weighted by molar-refractivity contribution is 5.98. The Morgan fingerprint density at radius 3 is 1.49 bits per heavy atom. The van der Waals surface area contributed by atoms with Crippen LogP contribution in [0.1, 0.15) is 69.1 Å². The number of hydrogen-bond donors (Lipinski definition) is 1. The van der Waals surface area contributed by atoms with E-state index < -0.39 is 0 Å². The zero-order chi connectivity index (χ0) is 38.7. The molecule has 2 unspecified atom stereocenters. The van der Waals surface area contributed by atoms with E-state index in [9.17, 15) is 0 Å². The molecule has 0 aliphatic heterocycles. The largest absolute Gasteiger partial charge is 0.382 e. The maximum Gasteiger partial charge on any atom is 0.0490 e. The van der Waals surface area contributed by atoms with Crippen molar-refractivity contribution in [2.24, 2.45) is 5.92 Å². The summed E-state index contributed by atoms with van der Waals surface area (Å²) in [5, 5.41) is 11.7. The topological polar surface area (TPSA) is 18.5 Å². The van der Waals surface area contributed by atoms with Crippen LogP contribution in [0.15, 0.2) is 170 Å². The predicted octanol–water partition coefficient (Wildman–Crippen LogP) is 14.6. The molecule has 0 saturated heterocycles. The minimum Gasteiger partial charge on any atom is -0.382 e. The lowest BCUT2D eigenvalue weighted by atomic mass is 9.82. The van der Waals surface area contributed by atoms with E-state index in [1.54, 1.807) is 0 Å². The summed E-state index contributed by atoms with van der Waals surface area (Å²) >= 11 is 0. The molecule has 3 heteroatoms. The monoisotopic (exact) mass is 743 g/mol. The molecule has 2 atom stereocenters. The van der Waals surface area contributed by atoms with Crippen molar-refractivity contribution in [3.05, 3.63) is 187 Å². The van der Waals surface area contributed by atoms with Crippen LogP contribution in [0.25, 0.3) is 32.3 Å². The normalized spacial score (nSPS) is 15.6. The third kappa shape index (κ3) is 7.12. The van der Waals surface area contributed by atoms with E-state index in [-0.39, 0.29) is 5.92 Å². The molecule has 57 heavy (non-hydrogen) atoms. The highest BCUT2D eigenvalue weighted by atomic mass is 15.1. The van der Waals surface area contributed by atoms with E-state index in [1.165, 1.54) is 103 Å². The van der Waals surface area contributed by atoms with E-state index in [0.29, 0.717) is 12.0 Å². The number of benzene rings is 8. The Balaban J connectivity index is 1.13. The van der Waals surface area contributed by atoms with Gasteiger partial charge in [-0.2, -0.15) is 0 Å². The van der Waals surface area contributed by atoms with Crippen molar-refractivity contribution in [1.29, 1.82) is 0 Å². The van der Waals surface area contributed by atoms with Crippen LogP contribution in [0, 0.1) is 5.92 Å². The van der Waals surface area contributed by atoms with Gasteiger partial charge in [-0.15, -0.1) is 0 Å². The molecule has 8 aromatic rings. The summed E-state index contributed by atoms with van der Waals surface area (Å²) in [6, 6.07) is 63.7. The van der Waals surface area contributed by atoms with Gasteiger partial charge in [-0.25, -0.2) is 0 Å². The van der Waals surface area contributed by atoms with Crippen LogP contribution < -0.4 is 15.1 Å². The van der Waals surface area contributed by atoms with E-state index in [2.05, 4.69) is 206 Å². The van der Waals surface area contributed by atoms with E-state index >= 15 is 0 Å². The van der Waals surface area contributed by atoms with Gasteiger partial charge in [-0.3, -0.25) is 0 Å². The standard InChI is InChI=1S/C54H53N3/c1-4-56(52-26-14-19-39-17-7-9-21-45(39)52)43-32-28-41(29-33-43)54(49-36-37-51(48-24-12-11-23-47(48)49)55-50-25-13-6-16-38(50)3)42-30-34-44(35-31-42)57(5-2)53-27-15-20-40-18-8-10-22-46(40)53/h7-12,14-15,17-24,26-38,50,54-55H,4-6,13,16,25H2,1-3H3. The molecule has 1 aliphatic carbocycles. The van der Waals surface area contributed by atoms with Gasteiger partial charge in [0.15, 0.2) is 0 Å². The maximum absolute atomic E-state index is 4.02. The SMILES string of the molecule is CCN(c1ccc(C(c2ccc(N(CC)c3cccc4ccccc34)cc2)c2ccc(NC3CCCCC3C)c3ccccc23)cc1)c1cccc2ccccc12. The Morgan fingerprint density at radius 1 is 0.491 bits per heavy atom. The molecular weight excluding hydrogens is 691 g/mol. The lowest BCUT2D eigenvalue weighted by molar-refractivity contribution is 0.350. The molecule has 1 N–H and O–H groups in total. The first-order chi connectivity index (χ1) is 28.1. The Kier molecular flexibility index (Phi) is 10.4. The Hall–Kier alpha value is -6.06. The van der Waals surface area contributed by atoms with Crippen molar-refractivity contribution < 1.29 is 0 Å². The smallest absolute Gasteiger partial charge is 0.0490 e. The van der Waals surface area contributed by atoms with Crippen LogP contribution >= 0.6 is 0 Å². The van der Waals surface area contributed by atoms with Crippen molar-refractivity contribution in [2.75, 3.05) is 28.2 Å². The van der Waals surface area contributed by atoms with Crippen LogP contribution in [0.3, 0.4) is 0 Å². The van der Waals surface area contributed by atoms with Crippen LogP contribution in [0.2, 0.25) is 0 Å². The summed E-state index contributed by atoms with van der Waals surface area (Å²) in [6.07, 6.45) is 5.18. The lowest BCUT2D eigenvalue weighted by Crippen LogP contribution is -2.30. The first-order valence-corrected chi connectivity index (χ1v) is 21.1. The third-order valence-corrected chi connectivity index (χ3v) is 12.5. The molecule has 0 aromatic heterocycles. The fourth-order valence-corrected chi connectivity index (χ4v) is 9.55.